The van der Waals surface area contributed by atoms with Gasteiger partial charge in [0, 0.05) is 0 Å². The Morgan fingerprint density at radius 2 is 2.33 bits per heavy atom. The maximum Gasteiger partial charge on any atom is 0.135 e. The minimum Gasteiger partial charge on any atom is -0.504 e. The van der Waals surface area contributed by atoms with Crippen molar-refractivity contribution in [2.24, 2.45) is 0 Å². The van der Waals surface area contributed by atoms with Crippen LogP contribution in [0.5, 0.6) is 0 Å². The van der Waals surface area contributed by atoms with Crippen LogP contribution in [0.25, 0.3) is 6.08 Å². The van der Waals surface area contributed by atoms with Gasteiger partial charge in [-0.1, -0.05) is 0 Å². The first-order chi connectivity index (χ1) is 5.75. The van der Waals surface area contributed by atoms with Gasteiger partial charge >= 0.3 is 0 Å². The van der Waals surface area contributed by atoms with E-state index in [0.29, 0.717) is 5.82 Å². The van der Waals surface area contributed by atoms with Crippen molar-refractivity contribution in [3.63, 3.8) is 0 Å². The van der Waals surface area contributed by atoms with Crippen molar-refractivity contribution in [2.45, 2.75) is 0 Å². The molecule has 0 aliphatic carbocycles. The third-order valence-corrected chi connectivity index (χ3v) is 2.10. The van der Waals surface area contributed by atoms with Crippen LogP contribution in [0.2, 0.25) is 0 Å². The summed E-state index contributed by atoms with van der Waals surface area (Å²) in [6.45, 7) is 0. The van der Waals surface area contributed by atoms with E-state index < -0.39 is 0 Å². The Kier molecular flexibility index (Phi) is 3.27. The molecule has 0 saturated carbocycles. The highest BCUT2D eigenvalue weighted by molar-refractivity contribution is 14.1. The van der Waals surface area contributed by atoms with Crippen LogP contribution in [0.3, 0.4) is 0 Å². The Morgan fingerprint density at radius 1 is 1.58 bits per heavy atom. The van der Waals surface area contributed by atoms with Crippen LogP contribution >= 0.6 is 22.6 Å². The third-order valence-electron chi connectivity index (χ3n) is 1.24. The van der Waals surface area contributed by atoms with Crippen LogP contribution in [0.4, 0.5) is 5.82 Å². The molecule has 0 radical (unpaired) electrons. The second-order valence-corrected chi connectivity index (χ2v) is 3.02. The summed E-state index contributed by atoms with van der Waals surface area (Å²) >= 11 is 2.09. The fraction of sp³-hybridized carbons (Fsp3) is 0.143. The second kappa shape index (κ2) is 4.24. The molecule has 64 valence electrons. The molecule has 12 heavy (non-hydrogen) atoms. The Hall–Kier alpha value is -0.850. The first-order valence-corrected chi connectivity index (χ1v) is 4.29. The third kappa shape index (κ3) is 2.07. The summed E-state index contributed by atoms with van der Waals surface area (Å²) < 4.78 is 5.57. The molecule has 1 aromatic rings. The summed E-state index contributed by atoms with van der Waals surface area (Å²) in [5.41, 5.74) is 6.39. The molecule has 1 aromatic heterocycles. The van der Waals surface area contributed by atoms with E-state index in [2.05, 4.69) is 32.6 Å². The lowest BCUT2D eigenvalue weighted by molar-refractivity contribution is 0.341. The highest BCUT2D eigenvalue weighted by Gasteiger charge is 2.01. The van der Waals surface area contributed by atoms with Crippen molar-refractivity contribution in [1.29, 1.82) is 0 Å². The van der Waals surface area contributed by atoms with Gasteiger partial charge in [-0.05, 0) is 28.7 Å². The standard InChI is InChI=1S/C7H8IN3O/c1-12-3-2-5-6(8)10-4-11-7(5)9/h2-4H,1H3,(H2,9,10,11). The number of rotatable bonds is 2. The molecular formula is C7H8IN3O. The van der Waals surface area contributed by atoms with Gasteiger partial charge in [-0.15, -0.1) is 0 Å². The van der Waals surface area contributed by atoms with E-state index in [1.54, 1.807) is 13.2 Å². The van der Waals surface area contributed by atoms with Gasteiger partial charge in [-0.3, -0.25) is 0 Å². The van der Waals surface area contributed by atoms with Crippen molar-refractivity contribution in [2.75, 3.05) is 12.8 Å². The van der Waals surface area contributed by atoms with Gasteiger partial charge in [0.05, 0.1) is 18.9 Å². The molecule has 0 aromatic carbocycles. The number of nitrogens with zero attached hydrogens (tertiary/aromatic N) is 2. The molecule has 5 heteroatoms. The van der Waals surface area contributed by atoms with Crippen LogP contribution in [-0.2, 0) is 4.74 Å². The van der Waals surface area contributed by atoms with E-state index in [1.807, 2.05) is 0 Å². The quantitative estimate of drug-likeness (QED) is 0.502. The molecule has 0 unspecified atom stereocenters. The lowest BCUT2D eigenvalue weighted by Crippen LogP contribution is -1.97. The average molecular weight is 277 g/mol. The van der Waals surface area contributed by atoms with Gasteiger partial charge in [0.15, 0.2) is 0 Å². The van der Waals surface area contributed by atoms with Gasteiger partial charge in [0.1, 0.15) is 15.8 Å². The Labute approximate surface area is 84.0 Å². The average Bonchev–Trinajstić information content (AvgIpc) is 2.04. The summed E-state index contributed by atoms with van der Waals surface area (Å²) in [5.74, 6) is 0.461. The summed E-state index contributed by atoms with van der Waals surface area (Å²) in [7, 11) is 1.57. The van der Waals surface area contributed by atoms with Crippen LogP contribution in [0.15, 0.2) is 12.6 Å². The Morgan fingerprint density at radius 3 is 2.92 bits per heavy atom. The number of ether oxygens (including phenoxy) is 1. The van der Waals surface area contributed by atoms with Gasteiger partial charge in [0.25, 0.3) is 0 Å². The zero-order valence-electron chi connectivity index (χ0n) is 6.49. The number of halogens is 1. The van der Waals surface area contributed by atoms with Crippen LogP contribution < -0.4 is 5.73 Å². The summed E-state index contributed by atoms with van der Waals surface area (Å²) in [4.78, 5) is 7.83. The highest BCUT2D eigenvalue weighted by Crippen LogP contribution is 2.15. The fourth-order valence-electron chi connectivity index (χ4n) is 0.677. The number of aromatic nitrogens is 2. The zero-order chi connectivity index (χ0) is 8.97. The fourth-order valence-corrected chi connectivity index (χ4v) is 1.26. The SMILES string of the molecule is COC=Cc1c(N)ncnc1I. The topological polar surface area (TPSA) is 61.0 Å². The molecule has 0 amide bonds. The molecule has 0 aliphatic rings. The number of hydrogen-bond acceptors (Lipinski definition) is 4. The van der Waals surface area contributed by atoms with E-state index in [1.165, 1.54) is 12.6 Å². The van der Waals surface area contributed by atoms with Crippen LogP contribution in [0.1, 0.15) is 5.56 Å². The van der Waals surface area contributed by atoms with Gasteiger partial charge < -0.3 is 10.5 Å². The second-order valence-electron chi connectivity index (χ2n) is 2.00. The Balaban J connectivity index is 3.04. The van der Waals surface area contributed by atoms with Crippen molar-refractivity contribution in [3.8, 4) is 0 Å². The Bertz CT molecular complexity index is 280. The molecule has 4 nitrogen and oxygen atoms in total. The molecule has 0 atom stereocenters. The summed E-state index contributed by atoms with van der Waals surface area (Å²) in [6, 6.07) is 0. The molecule has 1 rings (SSSR count). The zero-order valence-corrected chi connectivity index (χ0v) is 8.65. The number of nitrogen functional groups attached to an aromatic ring is 1. The molecule has 2 N–H and O–H groups in total. The predicted molar refractivity (Wildman–Crippen MR) is 55.2 cm³/mol. The summed E-state index contributed by atoms with van der Waals surface area (Å²) in [6.07, 6.45) is 4.70. The van der Waals surface area contributed by atoms with Gasteiger partial charge in [-0.2, -0.15) is 0 Å². The number of methoxy groups -OCH3 is 1. The molecule has 0 bridgehead atoms. The monoisotopic (exact) mass is 277 g/mol. The number of nitrogens with two attached hydrogens (primary N) is 1. The first-order valence-electron chi connectivity index (χ1n) is 3.21. The minimum absolute atomic E-state index is 0.461. The summed E-state index contributed by atoms with van der Waals surface area (Å²) in [5, 5.41) is 0. The highest BCUT2D eigenvalue weighted by atomic mass is 127. The van der Waals surface area contributed by atoms with E-state index in [-0.39, 0.29) is 0 Å². The molecule has 0 fully saturated rings. The molecule has 0 saturated heterocycles. The molecule has 0 aliphatic heterocycles. The number of hydrogen-bond donors (Lipinski definition) is 1. The first kappa shape index (κ1) is 9.24. The maximum atomic E-state index is 5.60. The van der Waals surface area contributed by atoms with Crippen LogP contribution in [0, 0.1) is 3.70 Å². The van der Waals surface area contributed by atoms with Crippen molar-refractivity contribution >= 4 is 34.5 Å². The number of anilines is 1. The lowest BCUT2D eigenvalue weighted by atomic mass is 10.3. The predicted octanol–water partition coefficient (Wildman–Crippen LogP) is 1.28. The van der Waals surface area contributed by atoms with E-state index in [4.69, 9.17) is 10.5 Å². The smallest absolute Gasteiger partial charge is 0.135 e. The van der Waals surface area contributed by atoms with Crippen molar-refractivity contribution in [3.05, 3.63) is 21.9 Å². The molecule has 1 heterocycles. The van der Waals surface area contributed by atoms with E-state index in [9.17, 15) is 0 Å². The van der Waals surface area contributed by atoms with E-state index in [0.717, 1.165) is 9.26 Å². The molecular weight excluding hydrogens is 269 g/mol. The maximum absolute atomic E-state index is 5.60. The van der Waals surface area contributed by atoms with Gasteiger partial charge in [-0.25, -0.2) is 9.97 Å². The lowest BCUT2D eigenvalue weighted by Gasteiger charge is -1.99. The van der Waals surface area contributed by atoms with Gasteiger partial charge in [0.2, 0.25) is 0 Å². The molecule has 0 spiro atoms. The van der Waals surface area contributed by atoms with Crippen molar-refractivity contribution in [1.82, 2.24) is 9.97 Å². The van der Waals surface area contributed by atoms with Crippen molar-refractivity contribution < 1.29 is 4.74 Å². The largest absolute Gasteiger partial charge is 0.504 e. The van der Waals surface area contributed by atoms with E-state index >= 15 is 0 Å². The van der Waals surface area contributed by atoms with Crippen LogP contribution in [-0.4, -0.2) is 17.1 Å². The normalized spacial score (nSPS) is 10.5. The minimum atomic E-state index is 0.461.